The average Bonchev–Trinajstić information content (AvgIpc) is 2.87. The number of ether oxygens (including phenoxy) is 2. The lowest BCUT2D eigenvalue weighted by molar-refractivity contribution is -0.115. The minimum atomic E-state index is -0.219. The molecule has 0 saturated carbocycles. The molecule has 19 heavy (non-hydrogen) atoms. The van der Waals surface area contributed by atoms with Gasteiger partial charge in [0, 0.05) is 5.56 Å². The van der Waals surface area contributed by atoms with Gasteiger partial charge in [0.1, 0.15) is 5.75 Å². The maximum Gasteiger partial charge on any atom is 0.336 e. The molecule has 1 aromatic heterocycles. The van der Waals surface area contributed by atoms with E-state index in [0.29, 0.717) is 5.75 Å². The number of carbonyl (C=O) groups is 1. The summed E-state index contributed by atoms with van der Waals surface area (Å²) in [5, 5.41) is 8.88. The number of aromatic amines is 1. The van der Waals surface area contributed by atoms with Crippen LogP contribution in [0, 0.1) is 0 Å². The number of anilines is 1. The third-order valence-electron chi connectivity index (χ3n) is 2.45. The predicted molar refractivity (Wildman–Crippen MR) is 68.3 cm³/mol. The zero-order valence-corrected chi connectivity index (χ0v) is 10.6. The van der Waals surface area contributed by atoms with Gasteiger partial charge >= 0.3 is 6.01 Å². The van der Waals surface area contributed by atoms with Gasteiger partial charge < -0.3 is 9.47 Å². The molecule has 2 rings (SSSR count). The molecule has 0 saturated heterocycles. The summed E-state index contributed by atoms with van der Waals surface area (Å²) in [4.78, 5) is 15.8. The summed E-state index contributed by atoms with van der Waals surface area (Å²) in [6, 6.07) is 7.51. The topological polar surface area (TPSA) is 89.1 Å². The fourth-order valence-corrected chi connectivity index (χ4v) is 1.59. The number of para-hydroxylation sites is 1. The molecule has 0 aliphatic rings. The average molecular weight is 262 g/mol. The number of methoxy groups -OCH3 is 2. The highest BCUT2D eigenvalue weighted by Crippen LogP contribution is 2.18. The monoisotopic (exact) mass is 262 g/mol. The normalized spacial score (nSPS) is 10.0. The number of rotatable bonds is 5. The first-order valence-corrected chi connectivity index (χ1v) is 5.61. The number of nitrogens with zero attached hydrogens (tertiary/aromatic N) is 2. The smallest absolute Gasteiger partial charge is 0.336 e. The van der Waals surface area contributed by atoms with Crippen LogP contribution in [0.4, 0.5) is 5.95 Å². The van der Waals surface area contributed by atoms with Crippen molar-refractivity contribution in [2.45, 2.75) is 6.42 Å². The maximum absolute atomic E-state index is 11.9. The van der Waals surface area contributed by atoms with Crippen LogP contribution in [0.1, 0.15) is 5.56 Å². The van der Waals surface area contributed by atoms with Gasteiger partial charge in [-0.2, -0.15) is 4.98 Å². The minimum absolute atomic E-state index is 0.174. The van der Waals surface area contributed by atoms with Gasteiger partial charge in [-0.05, 0) is 6.07 Å². The van der Waals surface area contributed by atoms with Crippen LogP contribution in [0.2, 0.25) is 0 Å². The van der Waals surface area contributed by atoms with E-state index in [1.54, 1.807) is 13.2 Å². The molecule has 0 fully saturated rings. The molecular weight excluding hydrogens is 248 g/mol. The second kappa shape index (κ2) is 5.85. The zero-order chi connectivity index (χ0) is 13.7. The number of hydrogen-bond donors (Lipinski definition) is 2. The molecular formula is C12H14N4O3. The van der Waals surface area contributed by atoms with Crippen LogP contribution in [0.25, 0.3) is 0 Å². The van der Waals surface area contributed by atoms with Crippen LogP contribution in [-0.2, 0) is 11.2 Å². The highest BCUT2D eigenvalue weighted by Gasteiger charge is 2.10. The SMILES string of the molecule is COc1n[nH]c(NC(=O)Cc2ccccc2OC)n1. The highest BCUT2D eigenvalue weighted by atomic mass is 16.5. The summed E-state index contributed by atoms with van der Waals surface area (Å²) in [6.45, 7) is 0. The van der Waals surface area contributed by atoms with Crippen molar-refractivity contribution >= 4 is 11.9 Å². The molecule has 0 atom stereocenters. The minimum Gasteiger partial charge on any atom is -0.496 e. The van der Waals surface area contributed by atoms with Crippen molar-refractivity contribution in [1.29, 1.82) is 0 Å². The molecule has 0 bridgehead atoms. The zero-order valence-electron chi connectivity index (χ0n) is 10.6. The van der Waals surface area contributed by atoms with E-state index >= 15 is 0 Å². The summed E-state index contributed by atoms with van der Waals surface area (Å²) in [5.74, 6) is 0.702. The lowest BCUT2D eigenvalue weighted by Crippen LogP contribution is -2.15. The summed E-state index contributed by atoms with van der Waals surface area (Å²) in [7, 11) is 3.02. The Kier molecular flexibility index (Phi) is 3.97. The number of hydrogen-bond acceptors (Lipinski definition) is 5. The van der Waals surface area contributed by atoms with Gasteiger partial charge in [0.2, 0.25) is 11.9 Å². The van der Waals surface area contributed by atoms with Crippen LogP contribution in [-0.4, -0.2) is 35.3 Å². The molecule has 1 aromatic carbocycles. The van der Waals surface area contributed by atoms with Gasteiger partial charge in [-0.1, -0.05) is 18.2 Å². The number of nitrogens with one attached hydrogen (secondary N) is 2. The van der Waals surface area contributed by atoms with Crippen molar-refractivity contribution < 1.29 is 14.3 Å². The van der Waals surface area contributed by atoms with Crippen molar-refractivity contribution in [2.75, 3.05) is 19.5 Å². The number of aromatic nitrogens is 3. The number of amides is 1. The molecule has 7 nitrogen and oxygen atoms in total. The van der Waals surface area contributed by atoms with Gasteiger partial charge in [-0.15, -0.1) is 5.10 Å². The second-order valence-corrected chi connectivity index (χ2v) is 3.71. The fourth-order valence-electron chi connectivity index (χ4n) is 1.59. The van der Waals surface area contributed by atoms with E-state index in [9.17, 15) is 4.79 Å². The quantitative estimate of drug-likeness (QED) is 0.839. The van der Waals surface area contributed by atoms with Gasteiger partial charge in [-0.3, -0.25) is 10.1 Å². The number of H-pyrrole nitrogens is 1. The Morgan fingerprint density at radius 1 is 1.32 bits per heavy atom. The Morgan fingerprint density at radius 3 is 2.79 bits per heavy atom. The molecule has 7 heteroatoms. The van der Waals surface area contributed by atoms with Crippen molar-refractivity contribution in [3.8, 4) is 11.8 Å². The summed E-state index contributed by atoms with van der Waals surface area (Å²) in [5.41, 5.74) is 0.800. The van der Waals surface area contributed by atoms with Crippen LogP contribution >= 0.6 is 0 Å². The van der Waals surface area contributed by atoms with E-state index in [2.05, 4.69) is 20.5 Å². The van der Waals surface area contributed by atoms with Crippen LogP contribution in [0.15, 0.2) is 24.3 Å². The third-order valence-corrected chi connectivity index (χ3v) is 2.45. The lowest BCUT2D eigenvalue weighted by atomic mass is 10.1. The van der Waals surface area contributed by atoms with E-state index in [1.165, 1.54) is 7.11 Å². The van der Waals surface area contributed by atoms with E-state index < -0.39 is 0 Å². The third kappa shape index (κ3) is 3.21. The number of carbonyl (C=O) groups excluding carboxylic acids is 1. The molecule has 0 aliphatic heterocycles. The second-order valence-electron chi connectivity index (χ2n) is 3.71. The Labute approximate surface area is 110 Å². The Bertz CT molecular complexity index is 568. The molecule has 100 valence electrons. The van der Waals surface area contributed by atoms with Crippen molar-refractivity contribution in [3.63, 3.8) is 0 Å². The fraction of sp³-hybridized carbons (Fsp3) is 0.250. The summed E-state index contributed by atoms with van der Waals surface area (Å²) in [6.07, 6.45) is 0.188. The first kappa shape index (κ1) is 12.9. The Hall–Kier alpha value is -2.57. The van der Waals surface area contributed by atoms with E-state index in [4.69, 9.17) is 9.47 Å². The predicted octanol–water partition coefficient (Wildman–Crippen LogP) is 1.00. The highest BCUT2D eigenvalue weighted by molar-refractivity contribution is 5.91. The van der Waals surface area contributed by atoms with Gasteiger partial charge in [0.15, 0.2) is 0 Å². The standard InChI is InChI=1S/C12H14N4O3/c1-18-9-6-4-3-5-8(9)7-10(17)13-11-14-12(19-2)16-15-11/h3-6H,7H2,1-2H3,(H2,13,14,15,16,17). The van der Waals surface area contributed by atoms with Gasteiger partial charge in [0.05, 0.1) is 20.6 Å². The summed E-state index contributed by atoms with van der Waals surface area (Å²) >= 11 is 0. The molecule has 2 aromatic rings. The lowest BCUT2D eigenvalue weighted by Gasteiger charge is -2.07. The van der Waals surface area contributed by atoms with E-state index in [0.717, 1.165) is 5.56 Å². The van der Waals surface area contributed by atoms with Crippen molar-refractivity contribution in [1.82, 2.24) is 15.2 Å². The molecule has 1 heterocycles. The van der Waals surface area contributed by atoms with Gasteiger partial charge in [0.25, 0.3) is 0 Å². The van der Waals surface area contributed by atoms with Gasteiger partial charge in [-0.25, -0.2) is 5.10 Å². The maximum atomic E-state index is 11.9. The van der Waals surface area contributed by atoms with E-state index in [1.807, 2.05) is 18.2 Å². The molecule has 1 amide bonds. The van der Waals surface area contributed by atoms with Crippen LogP contribution < -0.4 is 14.8 Å². The van der Waals surface area contributed by atoms with Crippen LogP contribution in [0.5, 0.6) is 11.8 Å². The number of benzene rings is 1. The van der Waals surface area contributed by atoms with Crippen LogP contribution in [0.3, 0.4) is 0 Å². The Balaban J connectivity index is 2.01. The first-order valence-electron chi connectivity index (χ1n) is 5.61. The van der Waals surface area contributed by atoms with E-state index in [-0.39, 0.29) is 24.3 Å². The first-order chi connectivity index (χ1) is 9.22. The van der Waals surface area contributed by atoms with Crippen molar-refractivity contribution in [2.24, 2.45) is 0 Å². The molecule has 0 radical (unpaired) electrons. The van der Waals surface area contributed by atoms with Crippen molar-refractivity contribution in [3.05, 3.63) is 29.8 Å². The molecule has 2 N–H and O–H groups in total. The summed E-state index contributed by atoms with van der Waals surface area (Å²) < 4.78 is 9.99. The molecule has 0 aliphatic carbocycles. The molecule has 0 unspecified atom stereocenters. The largest absolute Gasteiger partial charge is 0.496 e. The molecule has 0 spiro atoms. The Morgan fingerprint density at radius 2 is 2.11 bits per heavy atom.